The van der Waals surface area contributed by atoms with Gasteiger partial charge in [0, 0.05) is 0 Å². The first-order valence-corrected chi connectivity index (χ1v) is 6.71. The number of nitrogens with one attached hydrogen (secondary N) is 3. The standard InChI is InChI=1S/C13H27N3O2/c1-5-15-9-7-6-8-12(14-4)13(18)16-10(2)11(3)17/h10,12,14-15H,5-9H2,1-4H3,(H,16,18). The largest absolute Gasteiger partial charge is 0.345 e. The molecular formula is C13H27N3O2. The average molecular weight is 257 g/mol. The van der Waals surface area contributed by atoms with E-state index in [4.69, 9.17) is 0 Å². The maximum Gasteiger partial charge on any atom is 0.237 e. The summed E-state index contributed by atoms with van der Waals surface area (Å²) in [5.74, 6) is -0.117. The van der Waals surface area contributed by atoms with E-state index in [0.717, 1.165) is 32.4 Å². The van der Waals surface area contributed by atoms with Crippen molar-refractivity contribution in [2.24, 2.45) is 0 Å². The summed E-state index contributed by atoms with van der Waals surface area (Å²) in [6.45, 7) is 7.23. The first-order valence-electron chi connectivity index (χ1n) is 6.71. The van der Waals surface area contributed by atoms with Crippen LogP contribution in [0.2, 0.25) is 0 Å². The van der Waals surface area contributed by atoms with E-state index < -0.39 is 6.04 Å². The molecule has 18 heavy (non-hydrogen) atoms. The fraction of sp³-hybridized carbons (Fsp3) is 0.846. The molecule has 106 valence electrons. The Kier molecular flexibility index (Phi) is 9.50. The van der Waals surface area contributed by atoms with Gasteiger partial charge < -0.3 is 16.0 Å². The Labute approximate surface area is 110 Å². The van der Waals surface area contributed by atoms with Gasteiger partial charge in [-0.3, -0.25) is 9.59 Å². The summed E-state index contributed by atoms with van der Waals surface area (Å²) < 4.78 is 0. The van der Waals surface area contributed by atoms with E-state index in [1.807, 2.05) is 0 Å². The lowest BCUT2D eigenvalue weighted by molar-refractivity contribution is -0.127. The Bertz CT molecular complexity index is 257. The summed E-state index contributed by atoms with van der Waals surface area (Å²) in [5, 5.41) is 8.96. The zero-order valence-corrected chi connectivity index (χ0v) is 12.0. The Morgan fingerprint density at radius 3 is 2.39 bits per heavy atom. The van der Waals surface area contributed by atoms with Crippen molar-refractivity contribution in [1.82, 2.24) is 16.0 Å². The van der Waals surface area contributed by atoms with Crippen LogP contribution in [0.15, 0.2) is 0 Å². The summed E-state index contributed by atoms with van der Waals surface area (Å²) in [4.78, 5) is 22.9. The van der Waals surface area contributed by atoms with E-state index in [0.29, 0.717) is 0 Å². The predicted molar refractivity (Wildman–Crippen MR) is 73.5 cm³/mol. The molecule has 0 heterocycles. The third kappa shape index (κ3) is 7.40. The second kappa shape index (κ2) is 10.0. The monoisotopic (exact) mass is 257 g/mol. The SMILES string of the molecule is CCNCCCCC(NC)C(=O)NC(C)C(C)=O. The lowest BCUT2D eigenvalue weighted by Gasteiger charge is -2.18. The van der Waals surface area contributed by atoms with E-state index in [-0.39, 0.29) is 17.7 Å². The highest BCUT2D eigenvalue weighted by Gasteiger charge is 2.19. The van der Waals surface area contributed by atoms with E-state index >= 15 is 0 Å². The number of ketones is 1. The minimum absolute atomic E-state index is 0.0228. The molecule has 0 spiro atoms. The second-order valence-electron chi connectivity index (χ2n) is 4.53. The van der Waals surface area contributed by atoms with Gasteiger partial charge in [-0.25, -0.2) is 0 Å². The van der Waals surface area contributed by atoms with Crippen LogP contribution in [0.25, 0.3) is 0 Å². The van der Waals surface area contributed by atoms with Gasteiger partial charge in [0.2, 0.25) is 5.91 Å². The number of rotatable bonds is 10. The van der Waals surface area contributed by atoms with Crippen molar-refractivity contribution >= 4 is 11.7 Å². The number of hydrogen-bond acceptors (Lipinski definition) is 4. The van der Waals surface area contributed by atoms with E-state index in [1.165, 1.54) is 6.92 Å². The third-order valence-electron chi connectivity index (χ3n) is 2.98. The van der Waals surface area contributed by atoms with Crippen LogP contribution in [0, 0.1) is 0 Å². The second-order valence-corrected chi connectivity index (χ2v) is 4.53. The van der Waals surface area contributed by atoms with Crippen molar-refractivity contribution in [3.63, 3.8) is 0 Å². The average Bonchev–Trinajstić information content (AvgIpc) is 2.33. The first kappa shape index (κ1) is 17.1. The van der Waals surface area contributed by atoms with Gasteiger partial charge in [0.25, 0.3) is 0 Å². The van der Waals surface area contributed by atoms with Gasteiger partial charge in [-0.05, 0) is 46.8 Å². The number of unbranched alkanes of at least 4 members (excludes halogenated alkanes) is 1. The molecule has 0 fully saturated rings. The third-order valence-corrected chi connectivity index (χ3v) is 2.98. The molecule has 3 N–H and O–H groups in total. The highest BCUT2D eigenvalue weighted by molar-refractivity contribution is 5.89. The zero-order chi connectivity index (χ0) is 14.0. The van der Waals surface area contributed by atoms with Crippen molar-refractivity contribution in [3.8, 4) is 0 Å². The van der Waals surface area contributed by atoms with E-state index in [9.17, 15) is 9.59 Å². The predicted octanol–water partition coefficient (Wildman–Crippen LogP) is 0.448. The van der Waals surface area contributed by atoms with Gasteiger partial charge in [-0.2, -0.15) is 0 Å². The molecule has 5 heteroatoms. The molecule has 0 aliphatic heterocycles. The number of likely N-dealkylation sites (N-methyl/N-ethyl adjacent to an activating group) is 1. The molecule has 0 radical (unpaired) electrons. The number of amides is 1. The lowest BCUT2D eigenvalue weighted by atomic mass is 10.1. The van der Waals surface area contributed by atoms with Crippen LogP contribution >= 0.6 is 0 Å². The Morgan fingerprint density at radius 1 is 1.22 bits per heavy atom. The van der Waals surface area contributed by atoms with Crippen LogP contribution in [-0.2, 0) is 9.59 Å². The molecule has 0 saturated carbocycles. The van der Waals surface area contributed by atoms with Crippen molar-refractivity contribution < 1.29 is 9.59 Å². The maximum atomic E-state index is 11.9. The van der Waals surface area contributed by atoms with Gasteiger partial charge in [-0.15, -0.1) is 0 Å². The minimum atomic E-state index is -0.407. The number of Topliss-reactive ketones (excluding diaryl/α,β-unsaturated/α-hetero) is 1. The fourth-order valence-electron chi connectivity index (χ4n) is 1.60. The molecule has 0 bridgehead atoms. The minimum Gasteiger partial charge on any atom is -0.345 e. The molecule has 5 nitrogen and oxygen atoms in total. The Balaban J connectivity index is 3.93. The molecule has 0 aromatic rings. The number of hydrogen-bond donors (Lipinski definition) is 3. The fourth-order valence-corrected chi connectivity index (χ4v) is 1.60. The van der Waals surface area contributed by atoms with Crippen LogP contribution < -0.4 is 16.0 Å². The van der Waals surface area contributed by atoms with Gasteiger partial charge in [0.1, 0.15) is 0 Å². The van der Waals surface area contributed by atoms with E-state index in [2.05, 4.69) is 22.9 Å². The highest BCUT2D eigenvalue weighted by atomic mass is 16.2. The maximum absolute atomic E-state index is 11.9. The summed E-state index contributed by atoms with van der Waals surface area (Å²) >= 11 is 0. The summed E-state index contributed by atoms with van der Waals surface area (Å²) in [6, 6.07) is -0.622. The number of carbonyl (C=O) groups is 2. The summed E-state index contributed by atoms with van der Waals surface area (Å²) in [6.07, 6.45) is 2.83. The van der Waals surface area contributed by atoms with Crippen LogP contribution in [-0.4, -0.2) is 43.9 Å². The van der Waals surface area contributed by atoms with Gasteiger partial charge >= 0.3 is 0 Å². The van der Waals surface area contributed by atoms with Crippen LogP contribution in [0.5, 0.6) is 0 Å². The molecule has 0 aromatic heterocycles. The molecule has 2 unspecified atom stereocenters. The number of carbonyl (C=O) groups excluding carboxylic acids is 2. The molecule has 0 saturated heterocycles. The van der Waals surface area contributed by atoms with Gasteiger partial charge in [0.05, 0.1) is 12.1 Å². The molecule has 0 aliphatic rings. The molecular weight excluding hydrogens is 230 g/mol. The smallest absolute Gasteiger partial charge is 0.237 e. The van der Waals surface area contributed by atoms with E-state index in [1.54, 1.807) is 14.0 Å². The highest BCUT2D eigenvalue weighted by Crippen LogP contribution is 2.01. The summed E-state index contributed by atoms with van der Waals surface area (Å²) in [5.41, 5.74) is 0. The normalized spacial score (nSPS) is 14.0. The van der Waals surface area contributed by atoms with Crippen LogP contribution in [0.3, 0.4) is 0 Å². The van der Waals surface area contributed by atoms with Gasteiger partial charge in [-0.1, -0.05) is 13.3 Å². The molecule has 0 aromatic carbocycles. The molecule has 0 aliphatic carbocycles. The van der Waals surface area contributed by atoms with Crippen molar-refractivity contribution in [2.75, 3.05) is 20.1 Å². The zero-order valence-electron chi connectivity index (χ0n) is 12.0. The van der Waals surface area contributed by atoms with Crippen molar-refractivity contribution in [1.29, 1.82) is 0 Å². The van der Waals surface area contributed by atoms with Gasteiger partial charge in [0.15, 0.2) is 5.78 Å². The van der Waals surface area contributed by atoms with Crippen molar-refractivity contribution in [3.05, 3.63) is 0 Å². The quantitative estimate of drug-likeness (QED) is 0.497. The molecule has 0 rings (SSSR count). The Morgan fingerprint density at radius 2 is 1.89 bits per heavy atom. The Hall–Kier alpha value is -0.940. The van der Waals surface area contributed by atoms with Crippen LogP contribution in [0.4, 0.5) is 0 Å². The molecule has 1 amide bonds. The first-order chi connectivity index (χ1) is 8.52. The summed E-state index contributed by atoms with van der Waals surface area (Å²) in [7, 11) is 1.77. The molecule has 2 atom stereocenters. The van der Waals surface area contributed by atoms with Crippen LogP contribution in [0.1, 0.15) is 40.0 Å². The lowest BCUT2D eigenvalue weighted by Crippen LogP contribution is -2.47. The topological polar surface area (TPSA) is 70.2 Å². The van der Waals surface area contributed by atoms with Crippen molar-refractivity contribution in [2.45, 2.75) is 52.1 Å².